The van der Waals surface area contributed by atoms with Crippen molar-refractivity contribution in [1.82, 2.24) is 0 Å². The maximum atomic E-state index is 11.6. The summed E-state index contributed by atoms with van der Waals surface area (Å²) in [6.07, 6.45) is 2.90. The van der Waals surface area contributed by atoms with Crippen LogP contribution in [0, 0.1) is 0 Å². The van der Waals surface area contributed by atoms with Crippen molar-refractivity contribution in [2.24, 2.45) is 0 Å². The van der Waals surface area contributed by atoms with Crippen LogP contribution in [0.1, 0.15) is 11.1 Å². The highest BCUT2D eigenvalue weighted by molar-refractivity contribution is 7.86. The molecule has 0 unspecified atom stereocenters. The standard InChI is InChI=1S/C16H16O8S2/c1-23-13-7-11(8-14(9-13)24-2)3-4-12-5-6-15(25(17,18)19)10-16(12)26(20,21)22/h3-10H,1-2H3,(H,17,18,19)(H,20,21,22)/b4-3+. The van der Waals surface area contributed by atoms with Gasteiger partial charge < -0.3 is 9.47 Å². The zero-order valence-electron chi connectivity index (χ0n) is 13.8. The predicted molar refractivity (Wildman–Crippen MR) is 94.5 cm³/mol. The fourth-order valence-electron chi connectivity index (χ4n) is 2.15. The van der Waals surface area contributed by atoms with Crippen molar-refractivity contribution in [1.29, 1.82) is 0 Å². The van der Waals surface area contributed by atoms with E-state index in [2.05, 4.69) is 0 Å². The molecule has 0 atom stereocenters. The van der Waals surface area contributed by atoms with E-state index in [0.29, 0.717) is 23.1 Å². The molecule has 0 aromatic heterocycles. The zero-order valence-corrected chi connectivity index (χ0v) is 15.4. The normalized spacial score (nSPS) is 12.3. The van der Waals surface area contributed by atoms with Gasteiger partial charge in [0.15, 0.2) is 0 Å². The quantitative estimate of drug-likeness (QED) is 0.559. The molecule has 140 valence electrons. The van der Waals surface area contributed by atoms with Crippen LogP contribution in [0.2, 0.25) is 0 Å². The number of methoxy groups -OCH3 is 2. The summed E-state index contributed by atoms with van der Waals surface area (Å²) in [4.78, 5) is -1.30. The number of ether oxygens (including phenoxy) is 2. The van der Waals surface area contributed by atoms with Gasteiger partial charge in [0.1, 0.15) is 16.4 Å². The van der Waals surface area contributed by atoms with Gasteiger partial charge in [-0.1, -0.05) is 18.2 Å². The maximum absolute atomic E-state index is 11.6. The summed E-state index contributed by atoms with van der Waals surface area (Å²) in [5.41, 5.74) is 0.642. The molecule has 0 heterocycles. The summed E-state index contributed by atoms with van der Waals surface area (Å²) >= 11 is 0. The Morgan fingerprint density at radius 1 is 0.808 bits per heavy atom. The van der Waals surface area contributed by atoms with Gasteiger partial charge in [0, 0.05) is 6.07 Å². The Morgan fingerprint density at radius 2 is 1.38 bits per heavy atom. The van der Waals surface area contributed by atoms with Gasteiger partial charge in [0.25, 0.3) is 20.2 Å². The molecule has 0 saturated heterocycles. The second kappa shape index (κ2) is 7.46. The molecular formula is C16H16O8S2. The SMILES string of the molecule is COc1cc(/C=C/c2ccc(S(=O)(=O)O)cc2S(=O)(=O)O)cc(OC)c1. The molecule has 0 spiro atoms. The van der Waals surface area contributed by atoms with Crippen LogP contribution >= 0.6 is 0 Å². The van der Waals surface area contributed by atoms with Gasteiger partial charge in [0.2, 0.25) is 0 Å². The van der Waals surface area contributed by atoms with Crippen LogP contribution in [0.5, 0.6) is 11.5 Å². The minimum absolute atomic E-state index is 0.0293. The van der Waals surface area contributed by atoms with Crippen molar-refractivity contribution in [3.05, 3.63) is 47.5 Å². The minimum Gasteiger partial charge on any atom is -0.497 e. The summed E-state index contributed by atoms with van der Waals surface area (Å²) in [5, 5.41) is 0. The largest absolute Gasteiger partial charge is 0.497 e. The van der Waals surface area contributed by atoms with Crippen LogP contribution in [0.25, 0.3) is 12.2 Å². The van der Waals surface area contributed by atoms with Crippen molar-refractivity contribution in [3.8, 4) is 11.5 Å². The molecule has 2 N–H and O–H groups in total. The second-order valence-corrected chi connectivity index (χ2v) is 7.94. The first kappa shape index (κ1) is 19.9. The van der Waals surface area contributed by atoms with E-state index in [0.717, 1.165) is 12.1 Å². The Morgan fingerprint density at radius 3 is 1.85 bits per heavy atom. The van der Waals surface area contributed by atoms with Gasteiger partial charge in [-0.05, 0) is 35.4 Å². The molecule has 8 nitrogen and oxygen atoms in total. The predicted octanol–water partition coefficient (Wildman–Crippen LogP) is 2.37. The Bertz CT molecular complexity index is 1030. The maximum Gasteiger partial charge on any atom is 0.295 e. The van der Waals surface area contributed by atoms with Crippen molar-refractivity contribution in [2.45, 2.75) is 9.79 Å². The van der Waals surface area contributed by atoms with Crippen LogP contribution in [0.4, 0.5) is 0 Å². The monoisotopic (exact) mass is 400 g/mol. The Kier molecular flexibility index (Phi) is 5.71. The molecule has 2 aromatic carbocycles. The van der Waals surface area contributed by atoms with E-state index in [-0.39, 0.29) is 5.56 Å². The highest BCUT2D eigenvalue weighted by Gasteiger charge is 2.19. The molecular weight excluding hydrogens is 384 g/mol. The molecule has 0 radical (unpaired) electrons. The molecule has 26 heavy (non-hydrogen) atoms. The topological polar surface area (TPSA) is 127 Å². The number of benzene rings is 2. The van der Waals surface area contributed by atoms with Crippen molar-refractivity contribution >= 4 is 32.4 Å². The lowest BCUT2D eigenvalue weighted by molar-refractivity contribution is 0.394. The molecule has 0 bridgehead atoms. The van der Waals surface area contributed by atoms with Crippen molar-refractivity contribution in [2.75, 3.05) is 14.2 Å². The van der Waals surface area contributed by atoms with E-state index in [9.17, 15) is 21.4 Å². The smallest absolute Gasteiger partial charge is 0.295 e. The van der Waals surface area contributed by atoms with E-state index in [4.69, 9.17) is 14.0 Å². The van der Waals surface area contributed by atoms with Crippen molar-refractivity contribution < 1.29 is 35.4 Å². The average Bonchev–Trinajstić information content (AvgIpc) is 2.57. The summed E-state index contributed by atoms with van der Waals surface area (Å²) < 4.78 is 74.1. The first-order chi connectivity index (χ1) is 12.0. The van der Waals surface area contributed by atoms with E-state index in [1.54, 1.807) is 18.2 Å². The Hall–Kier alpha value is -2.40. The van der Waals surface area contributed by atoms with Crippen LogP contribution in [-0.4, -0.2) is 40.2 Å². The molecule has 2 aromatic rings. The van der Waals surface area contributed by atoms with Gasteiger partial charge in [0.05, 0.1) is 19.1 Å². The average molecular weight is 400 g/mol. The number of rotatable bonds is 6. The molecule has 10 heteroatoms. The second-order valence-electron chi connectivity index (χ2n) is 5.13. The molecule has 2 rings (SSSR count). The minimum atomic E-state index is -4.72. The molecule has 0 amide bonds. The summed E-state index contributed by atoms with van der Waals surface area (Å²) in [5.74, 6) is 1.03. The summed E-state index contributed by atoms with van der Waals surface area (Å²) in [6.45, 7) is 0. The third kappa shape index (κ3) is 4.82. The fourth-order valence-corrected chi connectivity index (χ4v) is 3.44. The number of hydrogen-bond donors (Lipinski definition) is 2. The molecule has 0 aliphatic rings. The van der Waals surface area contributed by atoms with E-state index in [1.807, 2.05) is 0 Å². The lowest BCUT2D eigenvalue weighted by atomic mass is 10.1. The summed E-state index contributed by atoms with van der Waals surface area (Å²) in [7, 11) is -6.38. The van der Waals surface area contributed by atoms with Crippen molar-refractivity contribution in [3.63, 3.8) is 0 Å². The van der Waals surface area contributed by atoms with E-state index in [1.165, 1.54) is 26.4 Å². The van der Waals surface area contributed by atoms with Crippen LogP contribution in [0.15, 0.2) is 46.2 Å². The zero-order chi connectivity index (χ0) is 19.5. The van der Waals surface area contributed by atoms with Gasteiger partial charge in [-0.3, -0.25) is 9.11 Å². The van der Waals surface area contributed by atoms with Gasteiger partial charge in [-0.2, -0.15) is 16.8 Å². The first-order valence-electron chi connectivity index (χ1n) is 7.05. The first-order valence-corrected chi connectivity index (χ1v) is 9.93. The Labute approximate surface area is 151 Å². The highest BCUT2D eigenvalue weighted by Crippen LogP contribution is 2.26. The summed E-state index contributed by atoms with van der Waals surface area (Å²) in [6, 6.07) is 7.84. The fraction of sp³-hybridized carbons (Fsp3) is 0.125. The molecule has 0 aliphatic carbocycles. The molecule has 0 aliphatic heterocycles. The molecule has 0 saturated carbocycles. The van der Waals surface area contributed by atoms with E-state index >= 15 is 0 Å². The Balaban J connectivity index is 2.54. The molecule has 0 fully saturated rings. The van der Waals surface area contributed by atoms with Gasteiger partial charge in [-0.15, -0.1) is 0 Å². The van der Waals surface area contributed by atoms with Crippen LogP contribution in [0.3, 0.4) is 0 Å². The highest BCUT2D eigenvalue weighted by atomic mass is 32.2. The third-order valence-electron chi connectivity index (χ3n) is 3.39. The lowest BCUT2D eigenvalue weighted by Crippen LogP contribution is -2.05. The van der Waals surface area contributed by atoms with Crippen LogP contribution < -0.4 is 9.47 Å². The lowest BCUT2D eigenvalue weighted by Gasteiger charge is -2.07. The van der Waals surface area contributed by atoms with E-state index < -0.39 is 30.0 Å². The van der Waals surface area contributed by atoms with Gasteiger partial charge >= 0.3 is 0 Å². The van der Waals surface area contributed by atoms with Gasteiger partial charge in [-0.25, -0.2) is 0 Å². The van der Waals surface area contributed by atoms with Crippen LogP contribution in [-0.2, 0) is 20.2 Å². The third-order valence-corrected chi connectivity index (χ3v) is 5.15. The number of hydrogen-bond acceptors (Lipinski definition) is 6.